The molecule has 4 nitrogen and oxygen atoms in total. The average Bonchev–Trinajstić information content (AvgIpc) is 2.88. The Hall–Kier alpha value is -0.870. The van der Waals surface area contributed by atoms with Gasteiger partial charge in [0, 0.05) is 38.1 Å². The van der Waals surface area contributed by atoms with Gasteiger partial charge in [-0.15, -0.1) is 0 Å². The van der Waals surface area contributed by atoms with Crippen molar-refractivity contribution in [2.45, 2.75) is 44.7 Å². The maximum absolute atomic E-state index is 5.72. The van der Waals surface area contributed by atoms with Crippen LogP contribution in [-0.4, -0.2) is 40.4 Å². The van der Waals surface area contributed by atoms with Crippen molar-refractivity contribution in [3.8, 4) is 0 Å². The average molecular weight is 236 g/mol. The van der Waals surface area contributed by atoms with Gasteiger partial charge < -0.3 is 5.73 Å². The Bertz CT molecular complexity index is 290. The number of hydrogen-bond acceptors (Lipinski definition) is 3. The fourth-order valence-corrected chi connectivity index (χ4v) is 2.75. The first-order chi connectivity index (χ1) is 8.40. The van der Waals surface area contributed by atoms with E-state index in [9.17, 15) is 0 Å². The van der Waals surface area contributed by atoms with Gasteiger partial charge in [0.15, 0.2) is 0 Å². The van der Waals surface area contributed by atoms with Crippen LogP contribution < -0.4 is 5.73 Å². The van der Waals surface area contributed by atoms with Crippen LogP contribution in [0.25, 0.3) is 0 Å². The third-order valence-electron chi connectivity index (χ3n) is 3.68. The number of rotatable bonds is 6. The molecular formula is C13H24N4. The lowest BCUT2D eigenvalue weighted by atomic mass is 9.94. The molecule has 0 radical (unpaired) electrons. The summed E-state index contributed by atoms with van der Waals surface area (Å²) >= 11 is 0. The summed E-state index contributed by atoms with van der Waals surface area (Å²) in [6.07, 6.45) is 10.7. The zero-order valence-corrected chi connectivity index (χ0v) is 10.6. The van der Waals surface area contributed by atoms with Gasteiger partial charge in [0.25, 0.3) is 0 Å². The van der Waals surface area contributed by atoms with E-state index in [1.165, 1.54) is 32.1 Å². The zero-order chi connectivity index (χ0) is 11.9. The van der Waals surface area contributed by atoms with E-state index in [-0.39, 0.29) is 0 Å². The van der Waals surface area contributed by atoms with Gasteiger partial charge in [0.05, 0.1) is 6.54 Å². The third kappa shape index (κ3) is 3.82. The van der Waals surface area contributed by atoms with Crippen molar-refractivity contribution in [3.63, 3.8) is 0 Å². The lowest BCUT2D eigenvalue weighted by Crippen LogP contribution is -2.41. The highest BCUT2D eigenvalue weighted by Gasteiger charge is 2.20. The molecule has 0 unspecified atom stereocenters. The van der Waals surface area contributed by atoms with Gasteiger partial charge in [0.2, 0.25) is 0 Å². The Labute approximate surface area is 104 Å². The second-order valence-electron chi connectivity index (χ2n) is 4.89. The van der Waals surface area contributed by atoms with Crippen LogP contribution in [0.15, 0.2) is 18.5 Å². The van der Waals surface area contributed by atoms with Crippen molar-refractivity contribution in [3.05, 3.63) is 18.5 Å². The molecule has 0 spiro atoms. The van der Waals surface area contributed by atoms with Crippen LogP contribution in [0.4, 0.5) is 0 Å². The molecule has 0 aromatic carbocycles. The van der Waals surface area contributed by atoms with Crippen LogP contribution in [0.3, 0.4) is 0 Å². The predicted molar refractivity (Wildman–Crippen MR) is 69.7 cm³/mol. The minimum Gasteiger partial charge on any atom is -0.329 e. The van der Waals surface area contributed by atoms with Crippen molar-refractivity contribution in [2.75, 3.05) is 19.6 Å². The maximum atomic E-state index is 5.72. The largest absolute Gasteiger partial charge is 0.329 e. The molecule has 1 heterocycles. The molecule has 1 aliphatic carbocycles. The summed E-state index contributed by atoms with van der Waals surface area (Å²) in [7, 11) is 0. The summed E-state index contributed by atoms with van der Waals surface area (Å²) < 4.78 is 2.01. The standard InChI is InChI=1S/C13H24N4/c14-7-10-16(13-5-2-1-3-6-13)11-12-17-9-4-8-15-17/h4,8-9,13H,1-3,5-7,10-12,14H2. The summed E-state index contributed by atoms with van der Waals surface area (Å²) in [6, 6.07) is 2.73. The van der Waals surface area contributed by atoms with Crippen molar-refractivity contribution in [2.24, 2.45) is 5.73 Å². The number of nitrogens with two attached hydrogens (primary N) is 1. The molecule has 0 aliphatic heterocycles. The SMILES string of the molecule is NCCN(CCn1cccn1)C1CCCCC1. The van der Waals surface area contributed by atoms with E-state index in [2.05, 4.69) is 10.00 Å². The molecular weight excluding hydrogens is 212 g/mol. The molecule has 96 valence electrons. The molecule has 1 fully saturated rings. The topological polar surface area (TPSA) is 47.1 Å². The Morgan fingerprint density at radius 1 is 1.24 bits per heavy atom. The molecule has 1 aromatic heterocycles. The highest BCUT2D eigenvalue weighted by Crippen LogP contribution is 2.22. The Morgan fingerprint density at radius 3 is 2.71 bits per heavy atom. The van der Waals surface area contributed by atoms with Gasteiger partial charge >= 0.3 is 0 Å². The van der Waals surface area contributed by atoms with Crippen molar-refractivity contribution in [1.29, 1.82) is 0 Å². The molecule has 2 rings (SSSR count). The molecule has 4 heteroatoms. The minimum absolute atomic E-state index is 0.753. The summed E-state index contributed by atoms with van der Waals surface area (Å²) in [5, 5.41) is 4.25. The molecule has 0 saturated heterocycles. The van der Waals surface area contributed by atoms with Gasteiger partial charge in [-0.25, -0.2) is 0 Å². The summed E-state index contributed by atoms with van der Waals surface area (Å²) in [6.45, 7) is 3.83. The Morgan fingerprint density at radius 2 is 2.06 bits per heavy atom. The highest BCUT2D eigenvalue weighted by molar-refractivity contribution is 4.80. The van der Waals surface area contributed by atoms with Crippen LogP contribution in [0.1, 0.15) is 32.1 Å². The first kappa shape index (κ1) is 12.6. The van der Waals surface area contributed by atoms with E-state index < -0.39 is 0 Å². The Balaban J connectivity index is 1.82. The lowest BCUT2D eigenvalue weighted by molar-refractivity contribution is 0.153. The van der Waals surface area contributed by atoms with Crippen molar-refractivity contribution < 1.29 is 0 Å². The fourth-order valence-electron chi connectivity index (χ4n) is 2.75. The third-order valence-corrected chi connectivity index (χ3v) is 3.68. The minimum atomic E-state index is 0.753. The quantitative estimate of drug-likeness (QED) is 0.814. The molecule has 0 bridgehead atoms. The van der Waals surface area contributed by atoms with Crippen LogP contribution >= 0.6 is 0 Å². The fraction of sp³-hybridized carbons (Fsp3) is 0.769. The van der Waals surface area contributed by atoms with Gasteiger partial charge in [0.1, 0.15) is 0 Å². The molecule has 1 saturated carbocycles. The van der Waals surface area contributed by atoms with E-state index >= 15 is 0 Å². The lowest BCUT2D eigenvalue weighted by Gasteiger charge is -2.34. The van der Waals surface area contributed by atoms with Gasteiger partial charge in [-0.3, -0.25) is 9.58 Å². The summed E-state index contributed by atoms with van der Waals surface area (Å²) in [4.78, 5) is 2.56. The number of hydrogen-bond donors (Lipinski definition) is 1. The predicted octanol–water partition coefficient (Wildman–Crippen LogP) is 1.48. The van der Waals surface area contributed by atoms with Crippen LogP contribution in [0.5, 0.6) is 0 Å². The molecule has 17 heavy (non-hydrogen) atoms. The second kappa shape index (κ2) is 6.77. The van der Waals surface area contributed by atoms with E-state index in [0.717, 1.165) is 32.2 Å². The Kier molecular flexibility index (Phi) is 5.01. The normalized spacial score (nSPS) is 17.8. The first-order valence-electron chi connectivity index (χ1n) is 6.81. The highest BCUT2D eigenvalue weighted by atomic mass is 15.3. The smallest absolute Gasteiger partial charge is 0.0536 e. The van der Waals surface area contributed by atoms with E-state index in [1.807, 2.05) is 23.1 Å². The number of aromatic nitrogens is 2. The monoisotopic (exact) mass is 236 g/mol. The van der Waals surface area contributed by atoms with Crippen LogP contribution in [0.2, 0.25) is 0 Å². The van der Waals surface area contributed by atoms with Crippen molar-refractivity contribution in [1.82, 2.24) is 14.7 Å². The van der Waals surface area contributed by atoms with Gasteiger partial charge in [-0.2, -0.15) is 5.10 Å². The molecule has 0 atom stereocenters. The van der Waals surface area contributed by atoms with Gasteiger partial charge in [-0.05, 0) is 18.9 Å². The summed E-state index contributed by atoms with van der Waals surface area (Å²) in [5.74, 6) is 0. The van der Waals surface area contributed by atoms with E-state index in [1.54, 1.807) is 0 Å². The van der Waals surface area contributed by atoms with Crippen LogP contribution in [0, 0.1) is 0 Å². The van der Waals surface area contributed by atoms with E-state index in [4.69, 9.17) is 5.73 Å². The molecule has 0 amide bonds. The van der Waals surface area contributed by atoms with Crippen molar-refractivity contribution >= 4 is 0 Å². The van der Waals surface area contributed by atoms with Crippen LogP contribution in [-0.2, 0) is 6.54 Å². The molecule has 2 N–H and O–H groups in total. The van der Waals surface area contributed by atoms with E-state index in [0.29, 0.717) is 0 Å². The first-order valence-corrected chi connectivity index (χ1v) is 6.81. The maximum Gasteiger partial charge on any atom is 0.0536 e. The molecule has 1 aliphatic rings. The zero-order valence-electron chi connectivity index (χ0n) is 10.6. The summed E-state index contributed by atoms with van der Waals surface area (Å²) in [5.41, 5.74) is 5.72. The van der Waals surface area contributed by atoms with Gasteiger partial charge in [-0.1, -0.05) is 19.3 Å². The molecule has 1 aromatic rings. The number of nitrogens with zero attached hydrogens (tertiary/aromatic N) is 3. The second-order valence-corrected chi connectivity index (χ2v) is 4.89.